The van der Waals surface area contributed by atoms with Gasteiger partial charge in [0, 0.05) is 42.4 Å². The number of fused-ring (bicyclic) bond motifs is 3. The number of hydrogen-bond acceptors (Lipinski definition) is 5. The van der Waals surface area contributed by atoms with E-state index in [0.717, 1.165) is 28.9 Å². The van der Waals surface area contributed by atoms with Gasteiger partial charge < -0.3 is 23.7 Å². The predicted molar refractivity (Wildman–Crippen MR) is 117 cm³/mol. The Morgan fingerprint density at radius 1 is 1.22 bits per heavy atom. The highest BCUT2D eigenvalue weighted by molar-refractivity contribution is 5.72. The lowest BCUT2D eigenvalue weighted by atomic mass is 9.93. The fraction of sp³-hybridized carbons (Fsp3) is 0.542. The topological polar surface area (TPSA) is 52.9 Å². The molecule has 2 fully saturated rings. The quantitative estimate of drug-likeness (QED) is 0.721. The molecule has 1 aromatic carbocycles. The molecule has 2 saturated heterocycles. The number of benzene rings is 1. The lowest BCUT2D eigenvalue weighted by Gasteiger charge is -2.35. The van der Waals surface area contributed by atoms with E-state index in [1.54, 1.807) is 4.90 Å². The number of anilines is 1. The molecule has 5 rings (SSSR count). The molecule has 32 heavy (non-hydrogen) atoms. The summed E-state index contributed by atoms with van der Waals surface area (Å²) in [5.41, 5.74) is 4.26. The number of aryl methyl sites for hydroxylation is 1. The summed E-state index contributed by atoms with van der Waals surface area (Å²) in [6.45, 7) is 4.79. The summed E-state index contributed by atoms with van der Waals surface area (Å²) in [5.74, 6) is -2.13. The Morgan fingerprint density at radius 3 is 2.88 bits per heavy atom. The Kier molecular flexibility index (Phi) is 5.67. The zero-order chi connectivity index (χ0) is 22.3. The Hall–Kier alpha value is -2.45. The highest BCUT2D eigenvalue weighted by Crippen LogP contribution is 2.37. The van der Waals surface area contributed by atoms with Crippen molar-refractivity contribution in [1.29, 1.82) is 0 Å². The molecule has 172 valence electrons. The van der Waals surface area contributed by atoms with Gasteiger partial charge in [-0.15, -0.1) is 0 Å². The van der Waals surface area contributed by atoms with Gasteiger partial charge in [-0.3, -0.25) is 4.79 Å². The van der Waals surface area contributed by atoms with Gasteiger partial charge in [0.15, 0.2) is 11.3 Å². The van der Waals surface area contributed by atoms with Gasteiger partial charge in [-0.2, -0.15) is 0 Å². The van der Waals surface area contributed by atoms with E-state index in [1.807, 2.05) is 29.7 Å². The number of halogens is 2. The molecule has 0 spiro atoms. The highest BCUT2D eigenvalue weighted by Gasteiger charge is 2.35. The first-order valence-corrected chi connectivity index (χ1v) is 11.2. The molecule has 1 aromatic heterocycles. The van der Waals surface area contributed by atoms with Crippen LogP contribution in [0.5, 0.6) is 5.88 Å². The van der Waals surface area contributed by atoms with Gasteiger partial charge in [-0.1, -0.05) is 6.07 Å². The number of rotatable bonds is 4. The second-order valence-corrected chi connectivity index (χ2v) is 8.82. The maximum Gasteiger partial charge on any atom is 0.265 e. The normalized spacial score (nSPS) is 22.2. The van der Waals surface area contributed by atoms with E-state index in [-0.39, 0.29) is 24.5 Å². The molecule has 0 N–H and O–H groups in total. The molecule has 3 aliphatic rings. The van der Waals surface area contributed by atoms with Gasteiger partial charge in [0.1, 0.15) is 12.7 Å². The van der Waals surface area contributed by atoms with Crippen molar-refractivity contribution in [2.45, 2.75) is 44.8 Å². The van der Waals surface area contributed by atoms with Crippen molar-refractivity contribution in [3.63, 3.8) is 0 Å². The molecular weight excluding hydrogens is 418 g/mol. The number of nitrogens with zero attached hydrogens (tertiary/aromatic N) is 2. The average molecular weight is 446 g/mol. The number of hydrogen-bond donors (Lipinski definition) is 0. The second-order valence-electron chi connectivity index (χ2n) is 8.82. The number of piperidine rings is 1. The van der Waals surface area contributed by atoms with E-state index in [1.165, 1.54) is 6.07 Å². The zero-order valence-electron chi connectivity index (χ0n) is 18.2. The number of ether oxygens (including phenoxy) is 3. The Balaban J connectivity index is 1.45. The fourth-order valence-corrected chi connectivity index (χ4v) is 4.86. The van der Waals surface area contributed by atoms with Crippen molar-refractivity contribution in [2.24, 2.45) is 0 Å². The molecule has 6 nitrogen and oxygen atoms in total. The van der Waals surface area contributed by atoms with Crippen molar-refractivity contribution >= 4 is 5.69 Å². The van der Waals surface area contributed by atoms with Crippen molar-refractivity contribution in [3.05, 3.63) is 45.6 Å². The standard InChI is InChI=1S/C24H28F2N2O4/c1-16-21(29)12-22(32-14-19-13-30-9-10-31-19)28-8-5-17-11-18(3-4-20(17)23(16)28)27-7-2-6-24(25,26)15-27/h3-4,11-12,19H,2,5-10,13-15H2,1H3/t19-/m0/s1. The summed E-state index contributed by atoms with van der Waals surface area (Å²) in [6, 6.07) is 7.39. The van der Waals surface area contributed by atoms with Crippen molar-refractivity contribution < 1.29 is 23.0 Å². The molecule has 0 unspecified atom stereocenters. The Labute approximate surface area is 185 Å². The Morgan fingerprint density at radius 2 is 2.09 bits per heavy atom. The van der Waals surface area contributed by atoms with Crippen LogP contribution in [-0.2, 0) is 22.4 Å². The molecule has 8 heteroatoms. The van der Waals surface area contributed by atoms with Crippen LogP contribution in [0.25, 0.3) is 11.3 Å². The number of pyridine rings is 1. The van der Waals surface area contributed by atoms with Crippen LogP contribution in [0.1, 0.15) is 24.0 Å². The third-order valence-corrected chi connectivity index (χ3v) is 6.52. The van der Waals surface area contributed by atoms with E-state index in [4.69, 9.17) is 14.2 Å². The van der Waals surface area contributed by atoms with Gasteiger partial charge >= 0.3 is 0 Å². The van der Waals surface area contributed by atoms with Crippen molar-refractivity contribution in [2.75, 3.05) is 44.4 Å². The molecule has 3 aliphatic heterocycles. The summed E-state index contributed by atoms with van der Waals surface area (Å²) in [6.07, 6.45) is 1.02. The summed E-state index contributed by atoms with van der Waals surface area (Å²) in [4.78, 5) is 14.5. The van der Waals surface area contributed by atoms with E-state index in [9.17, 15) is 13.6 Å². The summed E-state index contributed by atoms with van der Waals surface area (Å²) < 4.78 is 46.9. The average Bonchev–Trinajstić information content (AvgIpc) is 2.79. The first-order chi connectivity index (χ1) is 15.4. The molecule has 0 bridgehead atoms. The Bertz CT molecular complexity index is 1060. The highest BCUT2D eigenvalue weighted by atomic mass is 19.3. The first kappa shape index (κ1) is 21.4. The van der Waals surface area contributed by atoms with E-state index in [0.29, 0.717) is 57.4 Å². The van der Waals surface area contributed by atoms with Crippen LogP contribution in [0.3, 0.4) is 0 Å². The third-order valence-electron chi connectivity index (χ3n) is 6.52. The second kappa shape index (κ2) is 8.48. The zero-order valence-corrected chi connectivity index (χ0v) is 18.2. The molecular formula is C24H28F2N2O4. The fourth-order valence-electron chi connectivity index (χ4n) is 4.86. The summed E-state index contributed by atoms with van der Waals surface area (Å²) >= 11 is 0. The minimum Gasteiger partial charge on any atom is -0.476 e. The van der Waals surface area contributed by atoms with Gasteiger partial charge in [0.25, 0.3) is 5.92 Å². The molecule has 0 radical (unpaired) electrons. The van der Waals surface area contributed by atoms with E-state index < -0.39 is 5.92 Å². The predicted octanol–water partition coefficient (Wildman–Crippen LogP) is 3.41. The van der Waals surface area contributed by atoms with Crippen molar-refractivity contribution in [1.82, 2.24) is 4.57 Å². The van der Waals surface area contributed by atoms with Gasteiger partial charge in [0.2, 0.25) is 0 Å². The van der Waals surface area contributed by atoms with Crippen LogP contribution in [0, 0.1) is 6.92 Å². The summed E-state index contributed by atoms with van der Waals surface area (Å²) in [7, 11) is 0. The minimum atomic E-state index is -2.65. The van der Waals surface area contributed by atoms with Crippen molar-refractivity contribution in [3.8, 4) is 17.1 Å². The lowest BCUT2D eigenvalue weighted by Crippen LogP contribution is -2.42. The maximum atomic E-state index is 13.9. The molecule has 2 aromatic rings. The van der Waals surface area contributed by atoms with Gasteiger partial charge in [0.05, 0.1) is 32.1 Å². The van der Waals surface area contributed by atoms with Crippen LogP contribution >= 0.6 is 0 Å². The molecule has 4 heterocycles. The van der Waals surface area contributed by atoms with Crippen LogP contribution in [0.15, 0.2) is 29.1 Å². The smallest absolute Gasteiger partial charge is 0.265 e. The molecule has 1 atom stereocenters. The summed E-state index contributed by atoms with van der Waals surface area (Å²) in [5, 5.41) is 0. The number of alkyl halides is 2. The first-order valence-electron chi connectivity index (χ1n) is 11.2. The maximum absolute atomic E-state index is 13.9. The van der Waals surface area contributed by atoms with Crippen LogP contribution < -0.4 is 15.1 Å². The van der Waals surface area contributed by atoms with Crippen LogP contribution in [-0.4, -0.2) is 56.1 Å². The molecule has 0 aliphatic carbocycles. The SMILES string of the molecule is Cc1c2n(c(OC[C@@H]3COCCO3)cc1=O)CCc1cc(N3CCCC(F)(F)C3)ccc1-2. The van der Waals surface area contributed by atoms with Crippen LogP contribution in [0.2, 0.25) is 0 Å². The molecule has 0 amide bonds. The van der Waals surface area contributed by atoms with E-state index in [2.05, 4.69) is 0 Å². The van der Waals surface area contributed by atoms with E-state index >= 15 is 0 Å². The lowest BCUT2D eigenvalue weighted by molar-refractivity contribution is -0.102. The van der Waals surface area contributed by atoms with Gasteiger partial charge in [-0.25, -0.2) is 8.78 Å². The number of aromatic nitrogens is 1. The third kappa shape index (κ3) is 4.13. The van der Waals surface area contributed by atoms with Crippen LogP contribution in [0.4, 0.5) is 14.5 Å². The molecule has 0 saturated carbocycles. The largest absolute Gasteiger partial charge is 0.476 e. The monoisotopic (exact) mass is 446 g/mol. The van der Waals surface area contributed by atoms with Gasteiger partial charge in [-0.05, 0) is 37.5 Å². The minimum absolute atomic E-state index is 0.0509.